The molecule has 0 bridgehead atoms. The van der Waals surface area contributed by atoms with E-state index in [4.69, 9.17) is 0 Å². The predicted molar refractivity (Wildman–Crippen MR) is 135 cm³/mol. The lowest BCUT2D eigenvalue weighted by Gasteiger charge is -2.20. The van der Waals surface area contributed by atoms with E-state index in [0.717, 1.165) is 31.2 Å². The van der Waals surface area contributed by atoms with Crippen molar-refractivity contribution in [3.8, 4) is 0 Å². The van der Waals surface area contributed by atoms with Crippen LogP contribution >= 0.6 is 24.0 Å². The Bertz CT molecular complexity index is 963. The number of hydrogen-bond donors (Lipinski definition) is 2. The maximum atomic E-state index is 11.8. The van der Waals surface area contributed by atoms with Crippen molar-refractivity contribution in [3.63, 3.8) is 0 Å². The predicted octanol–water partition coefficient (Wildman–Crippen LogP) is 1.49. The Morgan fingerprint density at radius 2 is 2.03 bits per heavy atom. The molecular weight excluding hydrogens is 529 g/mol. The van der Waals surface area contributed by atoms with Crippen molar-refractivity contribution in [2.24, 2.45) is 12.0 Å². The Labute approximate surface area is 201 Å². The zero-order chi connectivity index (χ0) is 21.6. The van der Waals surface area contributed by atoms with Crippen molar-refractivity contribution >= 4 is 45.5 Å². The van der Waals surface area contributed by atoms with Gasteiger partial charge < -0.3 is 20.1 Å². The van der Waals surface area contributed by atoms with Crippen LogP contribution < -0.4 is 15.5 Å². The Morgan fingerprint density at radius 1 is 1.29 bits per heavy atom. The molecule has 172 valence electrons. The first-order chi connectivity index (χ1) is 14.3. The van der Waals surface area contributed by atoms with Crippen molar-refractivity contribution < 1.29 is 8.42 Å². The number of para-hydroxylation sites is 1. The molecule has 1 atom stereocenters. The van der Waals surface area contributed by atoms with Crippen LogP contribution in [0.15, 0.2) is 35.3 Å². The number of anilines is 1. The highest BCUT2D eigenvalue weighted by molar-refractivity contribution is 14.0. The van der Waals surface area contributed by atoms with Gasteiger partial charge in [0.2, 0.25) is 0 Å². The number of aromatic nitrogens is 3. The van der Waals surface area contributed by atoms with Gasteiger partial charge in [-0.25, -0.2) is 13.4 Å². The molecule has 1 aromatic heterocycles. The van der Waals surface area contributed by atoms with Crippen LogP contribution in [0.1, 0.15) is 24.5 Å². The highest BCUT2D eigenvalue weighted by atomic mass is 127. The van der Waals surface area contributed by atoms with E-state index < -0.39 is 9.84 Å². The Balaban J connectivity index is 0.00000341. The lowest BCUT2D eigenvalue weighted by Crippen LogP contribution is -2.44. The average molecular weight is 561 g/mol. The van der Waals surface area contributed by atoms with Crippen LogP contribution in [0.5, 0.6) is 0 Å². The molecule has 0 spiro atoms. The third kappa shape index (κ3) is 7.63. The van der Waals surface area contributed by atoms with Crippen molar-refractivity contribution in [2.75, 3.05) is 36.5 Å². The molecule has 2 N–H and O–H groups in total. The summed E-state index contributed by atoms with van der Waals surface area (Å²) in [7, 11) is 1.02. The number of aryl methyl sites for hydroxylation is 1. The van der Waals surface area contributed by atoms with E-state index in [1.54, 1.807) is 0 Å². The van der Waals surface area contributed by atoms with Crippen LogP contribution in [0.25, 0.3) is 0 Å². The molecular formula is C20H32IN7O2S. The van der Waals surface area contributed by atoms with Gasteiger partial charge in [0.25, 0.3) is 0 Å². The van der Waals surface area contributed by atoms with Crippen LogP contribution in [0.3, 0.4) is 0 Å². The molecule has 1 saturated heterocycles. The maximum Gasteiger partial charge on any atom is 0.191 e. The first-order valence-corrected chi connectivity index (χ1v) is 12.0. The zero-order valence-corrected chi connectivity index (χ0v) is 21.4. The number of guanidine groups is 1. The van der Waals surface area contributed by atoms with Crippen molar-refractivity contribution in [1.82, 2.24) is 25.4 Å². The van der Waals surface area contributed by atoms with E-state index in [1.807, 2.05) is 36.7 Å². The zero-order valence-electron chi connectivity index (χ0n) is 18.3. The monoisotopic (exact) mass is 561 g/mol. The SMILES string of the molecule is Cc1nnc(CN=C(NCCCN(C)c2ccccc2)NC2CCS(=O)(=O)C2)n1C.I. The van der Waals surface area contributed by atoms with Gasteiger partial charge in [-0.1, -0.05) is 18.2 Å². The van der Waals surface area contributed by atoms with Crippen molar-refractivity contribution in [3.05, 3.63) is 42.0 Å². The van der Waals surface area contributed by atoms with E-state index in [9.17, 15) is 8.42 Å². The second-order valence-electron chi connectivity index (χ2n) is 7.67. The minimum absolute atomic E-state index is 0. The molecule has 11 heteroatoms. The van der Waals surface area contributed by atoms with Crippen molar-refractivity contribution in [1.29, 1.82) is 0 Å². The lowest BCUT2D eigenvalue weighted by atomic mass is 10.2. The summed E-state index contributed by atoms with van der Waals surface area (Å²) in [6, 6.07) is 10.1. The van der Waals surface area contributed by atoms with E-state index in [0.29, 0.717) is 18.9 Å². The molecule has 3 rings (SSSR count). The number of benzene rings is 1. The highest BCUT2D eigenvalue weighted by Crippen LogP contribution is 2.12. The summed E-state index contributed by atoms with van der Waals surface area (Å²) in [4.78, 5) is 6.82. The van der Waals surface area contributed by atoms with Gasteiger partial charge in [-0.3, -0.25) is 0 Å². The molecule has 1 aromatic carbocycles. The fourth-order valence-electron chi connectivity index (χ4n) is 3.33. The third-order valence-electron chi connectivity index (χ3n) is 5.29. The molecule has 0 amide bonds. The lowest BCUT2D eigenvalue weighted by molar-refractivity contribution is 0.599. The fraction of sp³-hybridized carbons (Fsp3) is 0.550. The molecule has 0 aliphatic carbocycles. The third-order valence-corrected chi connectivity index (χ3v) is 7.06. The smallest absolute Gasteiger partial charge is 0.191 e. The molecule has 9 nitrogen and oxygen atoms in total. The van der Waals surface area contributed by atoms with Gasteiger partial charge in [-0.15, -0.1) is 34.2 Å². The Kier molecular flexibility index (Phi) is 9.54. The molecule has 1 fully saturated rings. The standard InChI is InChI=1S/C20H31N7O2S.HI/c1-16-24-25-19(27(16)3)14-22-20(23-17-10-13-30(28,29)15-17)21-11-7-12-26(2)18-8-5-4-6-9-18;/h4-6,8-9,17H,7,10-15H2,1-3H3,(H2,21,22,23);1H. The van der Waals surface area contributed by atoms with E-state index >= 15 is 0 Å². The van der Waals surface area contributed by atoms with E-state index in [2.05, 4.69) is 49.9 Å². The normalized spacial score (nSPS) is 17.8. The number of nitrogens with one attached hydrogen (secondary N) is 2. The Morgan fingerprint density at radius 3 is 2.65 bits per heavy atom. The van der Waals surface area contributed by atoms with Gasteiger partial charge in [0.05, 0.1) is 11.5 Å². The van der Waals surface area contributed by atoms with Gasteiger partial charge in [-0.05, 0) is 31.9 Å². The average Bonchev–Trinajstić information content (AvgIpc) is 3.24. The number of hydrogen-bond acceptors (Lipinski definition) is 6. The molecule has 2 heterocycles. The molecule has 0 radical (unpaired) electrons. The van der Waals surface area contributed by atoms with Gasteiger partial charge in [-0.2, -0.15) is 0 Å². The minimum Gasteiger partial charge on any atom is -0.375 e. The first kappa shape index (κ1) is 25.4. The topological polar surface area (TPSA) is 105 Å². The number of nitrogens with zero attached hydrogens (tertiary/aromatic N) is 5. The quantitative estimate of drug-likeness (QED) is 0.218. The molecule has 1 unspecified atom stereocenters. The minimum atomic E-state index is -2.96. The largest absolute Gasteiger partial charge is 0.375 e. The second-order valence-corrected chi connectivity index (χ2v) is 9.90. The molecule has 1 aliphatic heterocycles. The number of halogens is 1. The van der Waals surface area contributed by atoms with Crippen LogP contribution in [-0.2, 0) is 23.4 Å². The summed E-state index contributed by atoms with van der Waals surface area (Å²) >= 11 is 0. The van der Waals surface area contributed by atoms with Crippen LogP contribution in [0, 0.1) is 6.92 Å². The summed E-state index contributed by atoms with van der Waals surface area (Å²) in [5.74, 6) is 2.57. The first-order valence-electron chi connectivity index (χ1n) is 10.2. The van der Waals surface area contributed by atoms with Crippen LogP contribution in [-0.4, -0.2) is 66.8 Å². The summed E-state index contributed by atoms with van der Waals surface area (Å²) in [6.07, 6.45) is 1.51. The van der Waals surface area contributed by atoms with Gasteiger partial charge in [0.1, 0.15) is 12.4 Å². The molecule has 0 saturated carbocycles. The van der Waals surface area contributed by atoms with Crippen LogP contribution in [0.2, 0.25) is 0 Å². The summed E-state index contributed by atoms with van der Waals surface area (Å²) in [6.45, 7) is 3.88. The van der Waals surface area contributed by atoms with Crippen LogP contribution in [0.4, 0.5) is 5.69 Å². The summed E-state index contributed by atoms with van der Waals surface area (Å²) in [5.41, 5.74) is 1.18. The summed E-state index contributed by atoms with van der Waals surface area (Å²) in [5, 5.41) is 14.8. The van der Waals surface area contributed by atoms with Gasteiger partial charge in [0.15, 0.2) is 21.6 Å². The van der Waals surface area contributed by atoms with E-state index in [1.165, 1.54) is 5.69 Å². The molecule has 31 heavy (non-hydrogen) atoms. The fourth-order valence-corrected chi connectivity index (χ4v) is 5.00. The molecule has 2 aromatic rings. The van der Waals surface area contributed by atoms with Gasteiger partial charge in [0, 0.05) is 38.9 Å². The van der Waals surface area contributed by atoms with Gasteiger partial charge >= 0.3 is 0 Å². The Hall–Kier alpha value is -1.89. The second kappa shape index (κ2) is 11.7. The maximum absolute atomic E-state index is 11.8. The molecule has 1 aliphatic rings. The highest BCUT2D eigenvalue weighted by Gasteiger charge is 2.28. The number of aliphatic imine (C=N–C) groups is 1. The number of sulfone groups is 1. The van der Waals surface area contributed by atoms with E-state index in [-0.39, 0.29) is 41.5 Å². The number of rotatable bonds is 8. The van der Waals surface area contributed by atoms with Crippen molar-refractivity contribution in [2.45, 2.75) is 32.4 Å². The summed E-state index contributed by atoms with van der Waals surface area (Å²) < 4.78 is 25.5.